The Balaban J connectivity index is -0.000000980. The molecule has 0 rings (SSSR count). The second-order valence-corrected chi connectivity index (χ2v) is 3.32. The molecular weight excluding hydrogens is 292 g/mol. The highest BCUT2D eigenvalue weighted by molar-refractivity contribution is 7.80. The number of carboxylic acids is 1. The predicted octanol–water partition coefficient (Wildman–Crippen LogP) is 0.811. The van der Waals surface area contributed by atoms with Crippen LogP contribution in [0.15, 0.2) is 0 Å². The normalized spacial score (nSPS) is 10.8. The van der Waals surface area contributed by atoms with Crippen LogP contribution in [0.3, 0.4) is 0 Å². The lowest BCUT2D eigenvalue weighted by atomic mass is 10.2. The molecule has 0 saturated heterocycles. The van der Waals surface area contributed by atoms with E-state index in [1.165, 1.54) is 4.90 Å². The molecule has 104 valence electrons. The third-order valence-electron chi connectivity index (χ3n) is 1.91. The Bertz CT molecular complexity index is 237. The molecule has 0 unspecified atom stereocenters. The van der Waals surface area contributed by atoms with Crippen LogP contribution >= 0.6 is 37.4 Å². The van der Waals surface area contributed by atoms with Gasteiger partial charge in [0.1, 0.15) is 18.6 Å². The van der Waals surface area contributed by atoms with E-state index in [0.29, 0.717) is 13.0 Å². The monoisotopic (exact) mass is 309 g/mol. The van der Waals surface area contributed by atoms with Crippen LogP contribution in [0, 0.1) is 5.41 Å². The van der Waals surface area contributed by atoms with Gasteiger partial charge in [0.15, 0.2) is 0 Å². The molecule has 0 fully saturated rings. The molecular formula is C8H18Cl2FN3O2S. The fourth-order valence-electron chi connectivity index (χ4n) is 1.13. The van der Waals surface area contributed by atoms with E-state index >= 15 is 0 Å². The molecule has 0 aromatic heterocycles. The highest BCUT2D eigenvalue weighted by Gasteiger charge is 2.25. The first-order valence-electron chi connectivity index (χ1n) is 4.52. The fourth-order valence-corrected chi connectivity index (χ4v) is 1.48. The van der Waals surface area contributed by atoms with Crippen molar-refractivity contribution in [2.45, 2.75) is 12.5 Å². The summed E-state index contributed by atoms with van der Waals surface area (Å²) in [7, 11) is 0. The standard InChI is InChI=1S/C8H16FN3O2S.2ClH/c9-4-7(11)12(3-1-2-10)6(5-15)8(13)14;;/h6,11,15H,1-5,10H2,(H,13,14);2*1H/t6-;;/m0../s1. The molecule has 4 N–H and O–H groups in total. The van der Waals surface area contributed by atoms with Crippen LogP contribution in [-0.2, 0) is 4.79 Å². The summed E-state index contributed by atoms with van der Waals surface area (Å²) in [5.74, 6) is -1.42. The number of rotatable bonds is 7. The number of nitrogens with one attached hydrogen (secondary N) is 1. The number of nitrogens with two attached hydrogens (primary N) is 1. The highest BCUT2D eigenvalue weighted by atomic mass is 35.5. The molecule has 0 aromatic carbocycles. The summed E-state index contributed by atoms with van der Waals surface area (Å²) < 4.78 is 12.3. The number of hydrogen-bond acceptors (Lipinski definition) is 4. The molecule has 0 bridgehead atoms. The Morgan fingerprint density at radius 1 is 1.53 bits per heavy atom. The van der Waals surface area contributed by atoms with Crippen molar-refractivity contribution < 1.29 is 14.3 Å². The van der Waals surface area contributed by atoms with E-state index in [2.05, 4.69) is 12.6 Å². The first-order chi connectivity index (χ1) is 7.08. The minimum Gasteiger partial charge on any atom is -0.480 e. The average Bonchev–Trinajstić information content (AvgIpc) is 2.22. The molecule has 0 spiro atoms. The molecule has 1 atom stereocenters. The van der Waals surface area contributed by atoms with Crippen LogP contribution in [0.4, 0.5) is 4.39 Å². The van der Waals surface area contributed by atoms with Crippen molar-refractivity contribution in [2.24, 2.45) is 5.73 Å². The van der Waals surface area contributed by atoms with Gasteiger partial charge in [0, 0.05) is 12.3 Å². The minimum atomic E-state index is -1.11. The lowest BCUT2D eigenvalue weighted by molar-refractivity contribution is -0.141. The van der Waals surface area contributed by atoms with Crippen molar-refractivity contribution in [3.05, 3.63) is 0 Å². The quantitative estimate of drug-likeness (QED) is 0.318. The summed E-state index contributed by atoms with van der Waals surface area (Å²) in [6.45, 7) is -0.353. The fraction of sp³-hybridized carbons (Fsp3) is 0.750. The van der Waals surface area contributed by atoms with E-state index in [-0.39, 0.29) is 42.9 Å². The molecule has 5 nitrogen and oxygen atoms in total. The molecule has 0 saturated carbocycles. The zero-order chi connectivity index (χ0) is 11.8. The van der Waals surface area contributed by atoms with Crippen LogP contribution in [0.25, 0.3) is 0 Å². The number of aliphatic carboxylic acids is 1. The Morgan fingerprint density at radius 2 is 2.06 bits per heavy atom. The van der Waals surface area contributed by atoms with Crippen molar-refractivity contribution in [3.63, 3.8) is 0 Å². The SMILES string of the molecule is Cl.Cl.N=C(CF)N(CCCN)[C@@H](CS)C(=O)O. The van der Waals surface area contributed by atoms with Gasteiger partial charge < -0.3 is 15.7 Å². The molecule has 0 aromatic rings. The molecule has 0 aliphatic carbocycles. The van der Waals surface area contributed by atoms with Gasteiger partial charge in [-0.3, -0.25) is 5.41 Å². The van der Waals surface area contributed by atoms with Crippen LogP contribution in [0.1, 0.15) is 6.42 Å². The van der Waals surface area contributed by atoms with Crippen molar-refractivity contribution in [2.75, 3.05) is 25.5 Å². The second kappa shape index (κ2) is 12.2. The smallest absolute Gasteiger partial charge is 0.327 e. The van der Waals surface area contributed by atoms with Crippen molar-refractivity contribution >= 4 is 49.2 Å². The van der Waals surface area contributed by atoms with Gasteiger partial charge in [0.05, 0.1) is 0 Å². The number of carbonyl (C=O) groups is 1. The molecule has 9 heteroatoms. The third kappa shape index (κ3) is 7.64. The van der Waals surface area contributed by atoms with E-state index in [0.717, 1.165) is 0 Å². The molecule has 0 amide bonds. The topological polar surface area (TPSA) is 90.4 Å². The van der Waals surface area contributed by atoms with E-state index in [9.17, 15) is 9.18 Å². The van der Waals surface area contributed by atoms with E-state index in [1.807, 2.05) is 0 Å². The lowest BCUT2D eigenvalue weighted by Crippen LogP contribution is -2.47. The molecule has 0 radical (unpaired) electrons. The van der Waals surface area contributed by atoms with Crippen LogP contribution in [0.5, 0.6) is 0 Å². The summed E-state index contributed by atoms with van der Waals surface area (Å²) in [5.41, 5.74) is 5.28. The number of nitrogens with zero attached hydrogens (tertiary/aromatic N) is 1. The maximum absolute atomic E-state index is 12.3. The van der Waals surface area contributed by atoms with Crippen molar-refractivity contribution in [1.82, 2.24) is 4.90 Å². The number of alkyl halides is 1. The first-order valence-corrected chi connectivity index (χ1v) is 5.15. The minimum absolute atomic E-state index is 0. The van der Waals surface area contributed by atoms with E-state index in [4.69, 9.17) is 16.2 Å². The van der Waals surface area contributed by atoms with Crippen molar-refractivity contribution in [3.8, 4) is 0 Å². The number of thiol groups is 1. The summed E-state index contributed by atoms with van der Waals surface area (Å²) in [5, 5.41) is 16.2. The van der Waals surface area contributed by atoms with Gasteiger partial charge in [-0.05, 0) is 13.0 Å². The molecule has 0 aliphatic heterocycles. The first kappa shape index (κ1) is 22.0. The third-order valence-corrected chi connectivity index (χ3v) is 2.26. The van der Waals surface area contributed by atoms with Crippen LogP contribution in [-0.4, -0.2) is 53.4 Å². The van der Waals surface area contributed by atoms with E-state index in [1.54, 1.807) is 0 Å². The molecule has 17 heavy (non-hydrogen) atoms. The zero-order valence-electron chi connectivity index (χ0n) is 9.13. The van der Waals surface area contributed by atoms with Gasteiger partial charge in [-0.15, -0.1) is 24.8 Å². The lowest BCUT2D eigenvalue weighted by Gasteiger charge is -2.28. The molecule has 0 heterocycles. The second-order valence-electron chi connectivity index (χ2n) is 2.95. The van der Waals surface area contributed by atoms with Gasteiger partial charge in [0.2, 0.25) is 0 Å². The maximum Gasteiger partial charge on any atom is 0.327 e. The average molecular weight is 310 g/mol. The van der Waals surface area contributed by atoms with Crippen LogP contribution in [0.2, 0.25) is 0 Å². The number of hydrogen-bond donors (Lipinski definition) is 4. The highest BCUT2D eigenvalue weighted by Crippen LogP contribution is 2.05. The maximum atomic E-state index is 12.3. The van der Waals surface area contributed by atoms with Gasteiger partial charge in [-0.1, -0.05) is 0 Å². The summed E-state index contributed by atoms with van der Waals surface area (Å²) >= 11 is 3.88. The Kier molecular flexibility index (Phi) is 15.8. The van der Waals surface area contributed by atoms with Gasteiger partial charge in [-0.2, -0.15) is 12.6 Å². The number of halogens is 3. The Morgan fingerprint density at radius 3 is 2.35 bits per heavy atom. The van der Waals surface area contributed by atoms with Gasteiger partial charge in [-0.25, -0.2) is 9.18 Å². The summed E-state index contributed by atoms with van der Waals surface area (Å²) in [6, 6.07) is -0.969. The molecule has 0 aliphatic rings. The van der Waals surface area contributed by atoms with Crippen LogP contribution < -0.4 is 5.73 Å². The van der Waals surface area contributed by atoms with Crippen molar-refractivity contribution in [1.29, 1.82) is 5.41 Å². The number of amidine groups is 1. The Labute approximate surface area is 118 Å². The Hall–Kier alpha value is -0.240. The predicted molar refractivity (Wildman–Crippen MR) is 73.9 cm³/mol. The zero-order valence-corrected chi connectivity index (χ0v) is 11.7. The van der Waals surface area contributed by atoms with Gasteiger partial charge in [0.25, 0.3) is 0 Å². The van der Waals surface area contributed by atoms with Gasteiger partial charge >= 0.3 is 5.97 Å². The summed E-state index contributed by atoms with van der Waals surface area (Å²) in [6.07, 6.45) is 0.514. The number of carboxylic acid groups (broad SMARTS) is 1. The largest absolute Gasteiger partial charge is 0.480 e. The summed E-state index contributed by atoms with van der Waals surface area (Å²) in [4.78, 5) is 12.0. The van der Waals surface area contributed by atoms with E-state index < -0.39 is 18.7 Å².